The molecule has 1 aliphatic heterocycles. The molecule has 0 aliphatic carbocycles. The minimum absolute atomic E-state index is 0.189. The largest absolute Gasteiger partial charge is 0.393 e. The highest BCUT2D eigenvalue weighted by Crippen LogP contribution is 2.19. The SMILES string of the molecule is Cc1cc(C)c(C(=O)CN2CCC(O)C(C)C2)cc1C. The maximum atomic E-state index is 12.5. The van der Waals surface area contributed by atoms with E-state index in [4.69, 9.17) is 0 Å². The second-order valence-electron chi connectivity index (χ2n) is 6.24. The van der Waals surface area contributed by atoms with E-state index in [-0.39, 0.29) is 17.8 Å². The van der Waals surface area contributed by atoms with Crippen molar-refractivity contribution in [3.63, 3.8) is 0 Å². The number of Topliss-reactive ketones (excluding diaryl/α,β-unsaturated/α-hetero) is 1. The fourth-order valence-electron chi connectivity index (χ4n) is 2.91. The highest BCUT2D eigenvalue weighted by Gasteiger charge is 2.25. The van der Waals surface area contributed by atoms with Crippen LogP contribution in [0.3, 0.4) is 0 Å². The number of rotatable bonds is 3. The predicted octanol–water partition coefficient (Wildman–Crippen LogP) is 2.50. The molecule has 0 aromatic heterocycles. The maximum Gasteiger partial charge on any atom is 0.177 e. The summed E-state index contributed by atoms with van der Waals surface area (Å²) in [5.41, 5.74) is 4.30. The Balaban J connectivity index is 2.07. The van der Waals surface area contributed by atoms with Crippen LogP contribution in [0.1, 0.15) is 40.4 Å². The fourth-order valence-corrected chi connectivity index (χ4v) is 2.91. The average Bonchev–Trinajstić information content (AvgIpc) is 2.38. The number of aliphatic hydroxyl groups excluding tert-OH is 1. The lowest BCUT2D eigenvalue weighted by molar-refractivity contribution is 0.0344. The Kier molecular flexibility index (Phi) is 4.61. The molecule has 1 heterocycles. The molecule has 0 amide bonds. The number of piperidine rings is 1. The molecule has 1 fully saturated rings. The molecular formula is C17H25NO2. The first-order valence-electron chi connectivity index (χ1n) is 7.40. The number of likely N-dealkylation sites (tertiary alicyclic amines) is 1. The molecule has 2 rings (SSSR count). The van der Waals surface area contributed by atoms with Crippen LogP contribution in [0.15, 0.2) is 12.1 Å². The average molecular weight is 275 g/mol. The number of hydrogen-bond acceptors (Lipinski definition) is 3. The molecule has 3 nitrogen and oxygen atoms in total. The predicted molar refractivity (Wildman–Crippen MR) is 81.2 cm³/mol. The Morgan fingerprint density at radius 1 is 1.25 bits per heavy atom. The first kappa shape index (κ1) is 15.2. The molecule has 2 atom stereocenters. The van der Waals surface area contributed by atoms with Crippen molar-refractivity contribution < 1.29 is 9.90 Å². The zero-order chi connectivity index (χ0) is 14.9. The number of carbonyl (C=O) groups is 1. The van der Waals surface area contributed by atoms with Crippen LogP contribution >= 0.6 is 0 Å². The van der Waals surface area contributed by atoms with Gasteiger partial charge in [0, 0.05) is 18.7 Å². The molecule has 20 heavy (non-hydrogen) atoms. The van der Waals surface area contributed by atoms with Crippen LogP contribution in [0.25, 0.3) is 0 Å². The molecule has 1 N–H and O–H groups in total. The van der Waals surface area contributed by atoms with E-state index in [9.17, 15) is 9.90 Å². The molecule has 3 heteroatoms. The van der Waals surface area contributed by atoms with E-state index in [1.54, 1.807) is 0 Å². The first-order chi connectivity index (χ1) is 9.38. The molecule has 1 saturated heterocycles. The third kappa shape index (κ3) is 3.28. The van der Waals surface area contributed by atoms with Crippen LogP contribution in [0.4, 0.5) is 0 Å². The fraction of sp³-hybridized carbons (Fsp3) is 0.588. The molecule has 0 spiro atoms. The lowest BCUT2D eigenvalue weighted by Crippen LogP contribution is -2.44. The monoisotopic (exact) mass is 275 g/mol. The number of hydrogen-bond donors (Lipinski definition) is 1. The highest BCUT2D eigenvalue weighted by atomic mass is 16.3. The van der Waals surface area contributed by atoms with E-state index in [1.165, 1.54) is 11.1 Å². The van der Waals surface area contributed by atoms with E-state index in [0.717, 1.165) is 30.6 Å². The van der Waals surface area contributed by atoms with Crippen molar-refractivity contribution in [3.8, 4) is 0 Å². The molecule has 0 radical (unpaired) electrons. The van der Waals surface area contributed by atoms with Gasteiger partial charge < -0.3 is 5.11 Å². The van der Waals surface area contributed by atoms with Crippen molar-refractivity contribution in [3.05, 3.63) is 34.4 Å². The summed E-state index contributed by atoms with van der Waals surface area (Å²) in [4.78, 5) is 14.6. The van der Waals surface area contributed by atoms with Crippen molar-refractivity contribution in [2.24, 2.45) is 5.92 Å². The Bertz CT molecular complexity index is 510. The summed E-state index contributed by atoms with van der Waals surface area (Å²) in [7, 11) is 0. The van der Waals surface area contributed by atoms with Gasteiger partial charge in [-0.1, -0.05) is 13.0 Å². The van der Waals surface area contributed by atoms with Crippen LogP contribution in [0.2, 0.25) is 0 Å². The lowest BCUT2D eigenvalue weighted by atomic mass is 9.95. The van der Waals surface area contributed by atoms with Crippen LogP contribution in [0.5, 0.6) is 0 Å². The summed E-state index contributed by atoms with van der Waals surface area (Å²) in [5, 5.41) is 9.75. The quantitative estimate of drug-likeness (QED) is 0.862. The Morgan fingerprint density at radius 2 is 1.90 bits per heavy atom. The van der Waals surface area contributed by atoms with Gasteiger partial charge in [0.25, 0.3) is 0 Å². The van der Waals surface area contributed by atoms with Gasteiger partial charge in [0.05, 0.1) is 12.6 Å². The smallest absolute Gasteiger partial charge is 0.177 e. The third-order valence-electron chi connectivity index (χ3n) is 4.45. The number of carbonyl (C=O) groups excluding carboxylic acids is 1. The Labute approximate surface area is 121 Å². The summed E-state index contributed by atoms with van der Waals surface area (Å²) in [6.07, 6.45) is 0.546. The summed E-state index contributed by atoms with van der Waals surface area (Å²) in [5.74, 6) is 0.437. The van der Waals surface area contributed by atoms with Crippen molar-refractivity contribution in [2.45, 2.75) is 40.2 Å². The van der Waals surface area contributed by atoms with Gasteiger partial charge in [0.15, 0.2) is 5.78 Å². The van der Waals surface area contributed by atoms with E-state index in [1.807, 2.05) is 26.8 Å². The van der Waals surface area contributed by atoms with Gasteiger partial charge in [-0.25, -0.2) is 0 Å². The van der Waals surface area contributed by atoms with Crippen LogP contribution < -0.4 is 0 Å². The molecule has 0 saturated carbocycles. The van der Waals surface area contributed by atoms with Gasteiger partial charge in [-0.15, -0.1) is 0 Å². The summed E-state index contributed by atoms with van der Waals surface area (Å²) in [6.45, 7) is 10.2. The van der Waals surface area contributed by atoms with Crippen molar-refractivity contribution in [1.29, 1.82) is 0 Å². The van der Waals surface area contributed by atoms with Crippen LogP contribution in [-0.4, -0.2) is 41.5 Å². The third-order valence-corrected chi connectivity index (χ3v) is 4.45. The molecule has 110 valence electrons. The first-order valence-corrected chi connectivity index (χ1v) is 7.40. The number of nitrogens with zero attached hydrogens (tertiary/aromatic N) is 1. The van der Waals surface area contributed by atoms with E-state index in [0.29, 0.717) is 6.54 Å². The highest BCUT2D eigenvalue weighted by molar-refractivity contribution is 5.99. The summed E-state index contributed by atoms with van der Waals surface area (Å²) >= 11 is 0. The molecular weight excluding hydrogens is 250 g/mol. The van der Waals surface area contributed by atoms with E-state index in [2.05, 4.69) is 17.9 Å². The number of aliphatic hydroxyl groups is 1. The number of ketones is 1. The minimum Gasteiger partial charge on any atom is -0.393 e. The number of aryl methyl sites for hydroxylation is 3. The van der Waals surface area contributed by atoms with E-state index < -0.39 is 0 Å². The standard InChI is InChI=1S/C17H25NO2/c1-11-7-13(3)15(8-12(11)2)17(20)10-18-6-5-16(19)14(4)9-18/h7-8,14,16,19H,5-6,9-10H2,1-4H3. The molecule has 2 unspecified atom stereocenters. The molecule has 0 bridgehead atoms. The van der Waals surface area contributed by atoms with Gasteiger partial charge in [-0.05, 0) is 55.9 Å². The zero-order valence-electron chi connectivity index (χ0n) is 12.9. The van der Waals surface area contributed by atoms with Crippen molar-refractivity contribution in [2.75, 3.05) is 19.6 Å². The van der Waals surface area contributed by atoms with Gasteiger partial charge in [-0.3, -0.25) is 9.69 Å². The molecule has 1 aromatic carbocycles. The van der Waals surface area contributed by atoms with Gasteiger partial charge in [0.2, 0.25) is 0 Å². The van der Waals surface area contributed by atoms with Gasteiger partial charge in [0.1, 0.15) is 0 Å². The van der Waals surface area contributed by atoms with Crippen LogP contribution in [-0.2, 0) is 0 Å². The topological polar surface area (TPSA) is 40.5 Å². The van der Waals surface area contributed by atoms with Crippen molar-refractivity contribution >= 4 is 5.78 Å². The van der Waals surface area contributed by atoms with Gasteiger partial charge >= 0.3 is 0 Å². The zero-order valence-corrected chi connectivity index (χ0v) is 12.9. The maximum absolute atomic E-state index is 12.5. The second kappa shape index (κ2) is 6.06. The molecule has 1 aliphatic rings. The lowest BCUT2D eigenvalue weighted by Gasteiger charge is -2.33. The van der Waals surface area contributed by atoms with Crippen LogP contribution in [0, 0.1) is 26.7 Å². The van der Waals surface area contributed by atoms with E-state index >= 15 is 0 Å². The van der Waals surface area contributed by atoms with Gasteiger partial charge in [-0.2, -0.15) is 0 Å². The van der Waals surface area contributed by atoms with Crippen molar-refractivity contribution in [1.82, 2.24) is 4.90 Å². The Hall–Kier alpha value is -1.19. The normalized spacial score (nSPS) is 23.9. The number of benzene rings is 1. The molecule has 1 aromatic rings. The summed E-state index contributed by atoms with van der Waals surface area (Å²) in [6, 6.07) is 4.10. The summed E-state index contributed by atoms with van der Waals surface area (Å²) < 4.78 is 0. The Morgan fingerprint density at radius 3 is 2.55 bits per heavy atom. The second-order valence-corrected chi connectivity index (χ2v) is 6.24. The minimum atomic E-state index is -0.218.